The van der Waals surface area contributed by atoms with Crippen LogP contribution >= 0.6 is 11.3 Å². The van der Waals surface area contributed by atoms with E-state index in [2.05, 4.69) is 31.0 Å². The molecule has 3 nitrogen and oxygen atoms in total. The third kappa shape index (κ3) is 3.45. The minimum atomic E-state index is 0.539. The van der Waals surface area contributed by atoms with E-state index in [9.17, 15) is 0 Å². The van der Waals surface area contributed by atoms with Crippen molar-refractivity contribution in [1.82, 2.24) is 10.3 Å². The first-order valence-corrected chi connectivity index (χ1v) is 7.99. The van der Waals surface area contributed by atoms with Gasteiger partial charge in [-0.2, -0.15) is 0 Å². The van der Waals surface area contributed by atoms with Crippen LogP contribution in [-0.2, 0) is 13.0 Å². The Bertz CT molecular complexity index is 367. The van der Waals surface area contributed by atoms with Gasteiger partial charge in [0.2, 0.25) is 0 Å². The predicted octanol–water partition coefficient (Wildman–Crippen LogP) is 3.19. The lowest BCUT2D eigenvalue weighted by atomic mass is 10.2. The molecule has 102 valence electrons. The zero-order valence-corrected chi connectivity index (χ0v) is 12.6. The maximum Gasteiger partial charge on any atom is 0.185 e. The van der Waals surface area contributed by atoms with Gasteiger partial charge in [-0.1, -0.05) is 27.2 Å². The van der Waals surface area contributed by atoms with Gasteiger partial charge in [-0.3, -0.25) is 0 Å². The zero-order chi connectivity index (χ0) is 13.0. The Morgan fingerprint density at radius 2 is 2.06 bits per heavy atom. The van der Waals surface area contributed by atoms with E-state index in [1.54, 1.807) is 0 Å². The minimum Gasteiger partial charge on any atom is -0.348 e. The van der Waals surface area contributed by atoms with Gasteiger partial charge < -0.3 is 10.2 Å². The smallest absolute Gasteiger partial charge is 0.185 e. The number of thiazole rings is 1. The van der Waals surface area contributed by atoms with Gasteiger partial charge in [0.05, 0.1) is 5.69 Å². The summed E-state index contributed by atoms with van der Waals surface area (Å²) in [4.78, 5) is 8.75. The van der Waals surface area contributed by atoms with Gasteiger partial charge in [-0.15, -0.1) is 11.3 Å². The molecule has 1 N–H and O–H groups in total. The topological polar surface area (TPSA) is 28.2 Å². The van der Waals surface area contributed by atoms with Crippen LogP contribution in [0.2, 0.25) is 0 Å². The molecular formula is C14H25N3S. The number of nitrogens with one attached hydrogen (secondary N) is 1. The highest BCUT2D eigenvalue weighted by Gasteiger charge is 2.18. The van der Waals surface area contributed by atoms with Crippen molar-refractivity contribution in [2.75, 3.05) is 18.0 Å². The standard InChI is InChI=1S/C14H25N3S/c1-4-7-12-13(10-15-11(2)3)18-14(16-12)17-8-5-6-9-17/h11,15H,4-10H2,1-3H3. The second-order valence-electron chi connectivity index (χ2n) is 5.35. The molecule has 1 fully saturated rings. The van der Waals surface area contributed by atoms with E-state index in [1.807, 2.05) is 11.3 Å². The summed E-state index contributed by atoms with van der Waals surface area (Å²) in [6, 6.07) is 0.539. The van der Waals surface area contributed by atoms with Gasteiger partial charge >= 0.3 is 0 Å². The number of aromatic nitrogens is 1. The van der Waals surface area contributed by atoms with Gasteiger partial charge in [-0.05, 0) is 19.3 Å². The molecule has 0 amide bonds. The van der Waals surface area contributed by atoms with Crippen LogP contribution in [0, 0.1) is 0 Å². The molecule has 4 heteroatoms. The first kappa shape index (κ1) is 13.8. The fourth-order valence-electron chi connectivity index (χ4n) is 2.28. The maximum atomic E-state index is 4.86. The van der Waals surface area contributed by atoms with Crippen molar-refractivity contribution in [3.8, 4) is 0 Å². The van der Waals surface area contributed by atoms with Crippen LogP contribution in [0.1, 0.15) is 50.6 Å². The zero-order valence-electron chi connectivity index (χ0n) is 11.8. The monoisotopic (exact) mass is 267 g/mol. The average molecular weight is 267 g/mol. The molecule has 0 unspecified atom stereocenters. The van der Waals surface area contributed by atoms with Gasteiger partial charge in [0.25, 0.3) is 0 Å². The normalized spacial score (nSPS) is 15.9. The molecule has 1 aliphatic rings. The summed E-state index contributed by atoms with van der Waals surface area (Å²) in [7, 11) is 0. The highest BCUT2D eigenvalue weighted by molar-refractivity contribution is 7.15. The summed E-state index contributed by atoms with van der Waals surface area (Å²) >= 11 is 1.89. The van der Waals surface area contributed by atoms with Crippen molar-refractivity contribution in [2.24, 2.45) is 0 Å². The Balaban J connectivity index is 2.09. The van der Waals surface area contributed by atoms with E-state index in [4.69, 9.17) is 4.98 Å². The molecule has 0 atom stereocenters. The lowest BCUT2D eigenvalue weighted by Crippen LogP contribution is -2.21. The summed E-state index contributed by atoms with van der Waals surface area (Å²) in [5.41, 5.74) is 1.32. The SMILES string of the molecule is CCCc1nc(N2CCCC2)sc1CNC(C)C. The Morgan fingerprint density at radius 1 is 1.33 bits per heavy atom. The lowest BCUT2D eigenvalue weighted by molar-refractivity contribution is 0.589. The molecule has 1 aliphatic heterocycles. The van der Waals surface area contributed by atoms with Crippen LogP contribution in [0.15, 0.2) is 0 Å². The molecule has 0 bridgehead atoms. The van der Waals surface area contributed by atoms with Crippen LogP contribution in [-0.4, -0.2) is 24.1 Å². The van der Waals surface area contributed by atoms with Crippen molar-refractivity contribution in [3.05, 3.63) is 10.6 Å². The predicted molar refractivity (Wildman–Crippen MR) is 79.5 cm³/mol. The van der Waals surface area contributed by atoms with E-state index in [-0.39, 0.29) is 0 Å². The van der Waals surface area contributed by atoms with Gasteiger partial charge in [0.1, 0.15) is 0 Å². The minimum absolute atomic E-state index is 0.539. The van der Waals surface area contributed by atoms with E-state index in [1.165, 1.54) is 48.1 Å². The molecule has 0 spiro atoms. The molecule has 2 heterocycles. The highest BCUT2D eigenvalue weighted by atomic mass is 32.1. The Hall–Kier alpha value is -0.610. The largest absolute Gasteiger partial charge is 0.348 e. The Morgan fingerprint density at radius 3 is 2.67 bits per heavy atom. The van der Waals surface area contributed by atoms with Crippen LogP contribution < -0.4 is 10.2 Å². The van der Waals surface area contributed by atoms with Crippen molar-refractivity contribution >= 4 is 16.5 Å². The van der Waals surface area contributed by atoms with Gasteiger partial charge in [-0.25, -0.2) is 4.98 Å². The lowest BCUT2D eigenvalue weighted by Gasteiger charge is -2.12. The van der Waals surface area contributed by atoms with Gasteiger partial charge in [0, 0.05) is 30.6 Å². The molecule has 0 saturated carbocycles. The third-order valence-electron chi connectivity index (χ3n) is 3.30. The fraction of sp³-hybridized carbons (Fsp3) is 0.786. The molecule has 1 saturated heterocycles. The van der Waals surface area contributed by atoms with Gasteiger partial charge in [0.15, 0.2) is 5.13 Å². The molecule has 1 aromatic rings. The molecule has 18 heavy (non-hydrogen) atoms. The maximum absolute atomic E-state index is 4.86. The van der Waals surface area contributed by atoms with Crippen molar-refractivity contribution in [1.29, 1.82) is 0 Å². The van der Waals surface area contributed by atoms with Crippen LogP contribution in [0.25, 0.3) is 0 Å². The summed E-state index contributed by atoms with van der Waals surface area (Å²) in [5.74, 6) is 0. The first-order chi connectivity index (χ1) is 8.70. The van der Waals surface area contributed by atoms with Crippen LogP contribution in [0.4, 0.5) is 5.13 Å². The molecule has 2 rings (SSSR count). The van der Waals surface area contributed by atoms with E-state index >= 15 is 0 Å². The number of hydrogen-bond acceptors (Lipinski definition) is 4. The Labute approximate surface area is 115 Å². The van der Waals surface area contributed by atoms with E-state index < -0.39 is 0 Å². The number of anilines is 1. The summed E-state index contributed by atoms with van der Waals surface area (Å²) < 4.78 is 0. The molecule has 0 aliphatic carbocycles. The number of hydrogen-bond donors (Lipinski definition) is 1. The summed E-state index contributed by atoms with van der Waals surface area (Å²) in [6.07, 6.45) is 4.93. The second kappa shape index (κ2) is 6.53. The summed E-state index contributed by atoms with van der Waals surface area (Å²) in [5, 5.41) is 4.76. The fourth-order valence-corrected chi connectivity index (χ4v) is 3.39. The highest BCUT2D eigenvalue weighted by Crippen LogP contribution is 2.29. The van der Waals surface area contributed by atoms with Crippen molar-refractivity contribution in [2.45, 2.75) is 59.0 Å². The Kier molecular flexibility index (Phi) is 5.01. The van der Waals surface area contributed by atoms with Crippen molar-refractivity contribution in [3.63, 3.8) is 0 Å². The van der Waals surface area contributed by atoms with E-state index in [0.29, 0.717) is 6.04 Å². The molecule has 1 aromatic heterocycles. The number of nitrogens with zero attached hydrogens (tertiary/aromatic N) is 2. The average Bonchev–Trinajstić information content (AvgIpc) is 2.95. The molecule has 0 aromatic carbocycles. The number of rotatable bonds is 6. The second-order valence-corrected chi connectivity index (χ2v) is 6.41. The first-order valence-electron chi connectivity index (χ1n) is 7.17. The molecular weight excluding hydrogens is 242 g/mol. The number of aryl methyl sites for hydroxylation is 1. The molecule has 0 radical (unpaired) electrons. The third-order valence-corrected chi connectivity index (χ3v) is 4.46. The van der Waals surface area contributed by atoms with Crippen LogP contribution in [0.3, 0.4) is 0 Å². The summed E-state index contributed by atoms with van der Waals surface area (Å²) in [6.45, 7) is 9.98. The quantitative estimate of drug-likeness (QED) is 0.858. The van der Waals surface area contributed by atoms with Crippen molar-refractivity contribution < 1.29 is 0 Å². The van der Waals surface area contributed by atoms with E-state index in [0.717, 1.165) is 13.0 Å². The van der Waals surface area contributed by atoms with Crippen LogP contribution in [0.5, 0.6) is 0 Å².